The molecule has 5 heteroatoms. The van der Waals surface area contributed by atoms with Crippen molar-refractivity contribution in [3.05, 3.63) is 55.4 Å². The minimum absolute atomic E-state index is 0.0162. The highest BCUT2D eigenvalue weighted by Gasteiger charge is 2.16. The smallest absolute Gasteiger partial charge is 0.233 e. The number of nitrogens with zero attached hydrogens (tertiary/aromatic N) is 2. The summed E-state index contributed by atoms with van der Waals surface area (Å²) >= 11 is 1.44. The zero-order valence-electron chi connectivity index (χ0n) is 11.3. The molecule has 0 spiro atoms. The van der Waals surface area contributed by atoms with Crippen molar-refractivity contribution in [1.82, 2.24) is 14.9 Å². The maximum Gasteiger partial charge on any atom is 0.233 e. The van der Waals surface area contributed by atoms with E-state index >= 15 is 0 Å². The zero-order valence-corrected chi connectivity index (χ0v) is 12.1. The van der Waals surface area contributed by atoms with Crippen LogP contribution in [0.25, 0.3) is 5.69 Å². The van der Waals surface area contributed by atoms with Crippen LogP contribution in [0.2, 0.25) is 0 Å². The highest BCUT2D eigenvalue weighted by atomic mass is 32.2. The number of benzene rings is 1. The lowest BCUT2D eigenvalue weighted by molar-refractivity contribution is -0.120. The van der Waals surface area contributed by atoms with Gasteiger partial charge in [-0.15, -0.1) is 6.58 Å². The van der Waals surface area contributed by atoms with Crippen LogP contribution in [0.1, 0.15) is 6.92 Å². The van der Waals surface area contributed by atoms with Crippen molar-refractivity contribution in [3.8, 4) is 5.69 Å². The number of hydrogen-bond acceptors (Lipinski definition) is 3. The molecule has 0 aliphatic rings. The summed E-state index contributed by atoms with van der Waals surface area (Å²) < 4.78 is 1.97. The molecule has 4 nitrogen and oxygen atoms in total. The van der Waals surface area contributed by atoms with Gasteiger partial charge in [-0.3, -0.25) is 9.36 Å². The summed E-state index contributed by atoms with van der Waals surface area (Å²) in [5.74, 6) is -0.0162. The van der Waals surface area contributed by atoms with E-state index in [-0.39, 0.29) is 11.2 Å². The van der Waals surface area contributed by atoms with Gasteiger partial charge in [-0.05, 0) is 19.1 Å². The first-order valence-corrected chi connectivity index (χ1v) is 7.24. The Morgan fingerprint density at radius 1 is 1.50 bits per heavy atom. The van der Waals surface area contributed by atoms with Crippen LogP contribution in [0.15, 0.2) is 60.5 Å². The third-order valence-electron chi connectivity index (χ3n) is 2.71. The molecule has 0 aliphatic carbocycles. The lowest BCUT2D eigenvalue weighted by atomic mass is 10.3. The van der Waals surface area contributed by atoms with E-state index in [1.54, 1.807) is 12.3 Å². The average Bonchev–Trinajstić information content (AvgIpc) is 2.93. The van der Waals surface area contributed by atoms with Gasteiger partial charge in [0, 0.05) is 24.6 Å². The first-order chi connectivity index (χ1) is 9.72. The molecule has 1 aromatic heterocycles. The van der Waals surface area contributed by atoms with Gasteiger partial charge in [-0.2, -0.15) is 0 Å². The summed E-state index contributed by atoms with van der Waals surface area (Å²) in [5.41, 5.74) is 1.03. The van der Waals surface area contributed by atoms with Crippen molar-refractivity contribution in [2.45, 2.75) is 17.3 Å². The van der Waals surface area contributed by atoms with E-state index < -0.39 is 0 Å². The third kappa shape index (κ3) is 3.51. The van der Waals surface area contributed by atoms with Crippen molar-refractivity contribution in [1.29, 1.82) is 0 Å². The van der Waals surface area contributed by atoms with E-state index in [0.717, 1.165) is 10.8 Å². The van der Waals surface area contributed by atoms with Crippen molar-refractivity contribution >= 4 is 17.7 Å². The number of carbonyl (C=O) groups excluding carboxylic acids is 1. The fourth-order valence-corrected chi connectivity index (χ4v) is 2.60. The van der Waals surface area contributed by atoms with E-state index in [1.807, 2.05) is 48.0 Å². The molecule has 1 aromatic carbocycles. The predicted molar refractivity (Wildman–Crippen MR) is 82.1 cm³/mol. The van der Waals surface area contributed by atoms with E-state index in [4.69, 9.17) is 0 Å². The molecule has 1 amide bonds. The molecule has 0 saturated heterocycles. The van der Waals surface area contributed by atoms with Gasteiger partial charge >= 0.3 is 0 Å². The standard InChI is InChI=1S/C15H17N3OS/c1-3-9-16-14(19)12(2)20-15-17-10-11-18(15)13-7-5-4-6-8-13/h3-8,10-12H,1,9H2,2H3,(H,16,19). The minimum atomic E-state index is -0.209. The number of nitrogens with one attached hydrogen (secondary N) is 1. The molecular weight excluding hydrogens is 270 g/mol. The summed E-state index contributed by atoms with van der Waals surface area (Å²) in [7, 11) is 0. The first kappa shape index (κ1) is 14.4. The highest BCUT2D eigenvalue weighted by Crippen LogP contribution is 2.24. The number of imidazole rings is 1. The van der Waals surface area contributed by atoms with Gasteiger partial charge in [-0.25, -0.2) is 4.98 Å². The summed E-state index contributed by atoms with van der Waals surface area (Å²) in [5, 5.41) is 3.38. The van der Waals surface area contributed by atoms with Crippen LogP contribution >= 0.6 is 11.8 Å². The SMILES string of the molecule is C=CCNC(=O)C(C)Sc1nccn1-c1ccccc1. The topological polar surface area (TPSA) is 46.9 Å². The Hall–Kier alpha value is -2.01. The maximum atomic E-state index is 11.9. The molecular formula is C15H17N3OS. The van der Waals surface area contributed by atoms with E-state index in [1.165, 1.54) is 11.8 Å². The van der Waals surface area contributed by atoms with Gasteiger partial charge in [0.05, 0.1) is 5.25 Å². The predicted octanol–water partition coefficient (Wildman–Crippen LogP) is 2.66. The molecule has 0 saturated carbocycles. The quantitative estimate of drug-likeness (QED) is 0.656. The van der Waals surface area contributed by atoms with Crippen LogP contribution in [-0.4, -0.2) is 27.3 Å². The Kier molecular flexibility index (Phi) is 5.01. The summed E-state index contributed by atoms with van der Waals surface area (Å²) in [6.45, 7) is 5.93. The fraction of sp³-hybridized carbons (Fsp3) is 0.200. The normalized spacial score (nSPS) is 11.8. The number of para-hydroxylation sites is 1. The van der Waals surface area contributed by atoms with E-state index in [0.29, 0.717) is 6.54 Å². The van der Waals surface area contributed by atoms with Crippen molar-refractivity contribution in [2.75, 3.05) is 6.54 Å². The number of thioether (sulfide) groups is 1. The fourth-order valence-electron chi connectivity index (χ4n) is 1.69. The lowest BCUT2D eigenvalue weighted by Gasteiger charge is -2.12. The summed E-state index contributed by atoms with van der Waals surface area (Å²) in [6, 6.07) is 9.94. The van der Waals surface area contributed by atoms with Gasteiger partial charge in [0.1, 0.15) is 0 Å². The van der Waals surface area contributed by atoms with Crippen LogP contribution in [-0.2, 0) is 4.79 Å². The number of rotatable bonds is 6. The Labute approximate surface area is 122 Å². The molecule has 2 rings (SSSR count). The minimum Gasteiger partial charge on any atom is -0.352 e. The van der Waals surface area contributed by atoms with Gasteiger partial charge in [-0.1, -0.05) is 36.0 Å². The first-order valence-electron chi connectivity index (χ1n) is 6.36. The summed E-state index contributed by atoms with van der Waals surface area (Å²) in [4.78, 5) is 16.2. The number of amides is 1. The highest BCUT2D eigenvalue weighted by molar-refractivity contribution is 8.00. The third-order valence-corrected chi connectivity index (χ3v) is 3.79. The van der Waals surface area contributed by atoms with Crippen LogP contribution < -0.4 is 5.32 Å². The molecule has 104 valence electrons. The molecule has 1 heterocycles. The number of carbonyl (C=O) groups is 1. The van der Waals surface area contributed by atoms with Crippen molar-refractivity contribution in [2.24, 2.45) is 0 Å². The summed E-state index contributed by atoms with van der Waals surface area (Å²) in [6.07, 6.45) is 5.30. The Bertz CT molecular complexity index is 580. The van der Waals surface area contributed by atoms with Crippen LogP contribution in [0, 0.1) is 0 Å². The van der Waals surface area contributed by atoms with Gasteiger partial charge in [0.15, 0.2) is 5.16 Å². The van der Waals surface area contributed by atoms with Crippen molar-refractivity contribution < 1.29 is 4.79 Å². The van der Waals surface area contributed by atoms with Crippen LogP contribution in [0.4, 0.5) is 0 Å². The second-order valence-electron chi connectivity index (χ2n) is 4.21. The largest absolute Gasteiger partial charge is 0.352 e. The van der Waals surface area contributed by atoms with E-state index in [9.17, 15) is 4.79 Å². The lowest BCUT2D eigenvalue weighted by Crippen LogP contribution is -2.31. The molecule has 1 unspecified atom stereocenters. The number of hydrogen-bond donors (Lipinski definition) is 1. The zero-order chi connectivity index (χ0) is 14.4. The second-order valence-corrected chi connectivity index (χ2v) is 5.52. The monoisotopic (exact) mass is 287 g/mol. The second kappa shape index (κ2) is 6.96. The van der Waals surface area contributed by atoms with Crippen LogP contribution in [0.3, 0.4) is 0 Å². The van der Waals surface area contributed by atoms with E-state index in [2.05, 4.69) is 16.9 Å². The molecule has 1 atom stereocenters. The van der Waals surface area contributed by atoms with Crippen molar-refractivity contribution in [3.63, 3.8) is 0 Å². The molecule has 2 aromatic rings. The average molecular weight is 287 g/mol. The molecule has 0 bridgehead atoms. The molecule has 0 radical (unpaired) electrons. The van der Waals surface area contributed by atoms with Crippen LogP contribution in [0.5, 0.6) is 0 Å². The molecule has 20 heavy (non-hydrogen) atoms. The Balaban J connectivity index is 2.09. The molecule has 0 fully saturated rings. The Morgan fingerprint density at radius 3 is 2.95 bits per heavy atom. The maximum absolute atomic E-state index is 11.9. The molecule has 1 N–H and O–H groups in total. The Morgan fingerprint density at radius 2 is 2.25 bits per heavy atom. The van der Waals surface area contributed by atoms with Gasteiger partial charge in [0.25, 0.3) is 0 Å². The molecule has 0 aliphatic heterocycles. The number of aromatic nitrogens is 2. The van der Waals surface area contributed by atoms with Gasteiger partial charge in [0.2, 0.25) is 5.91 Å². The van der Waals surface area contributed by atoms with Gasteiger partial charge < -0.3 is 5.32 Å².